The Morgan fingerprint density at radius 3 is 2.61 bits per heavy atom. The van der Waals surface area contributed by atoms with Gasteiger partial charge in [0.05, 0.1) is 28.5 Å². The molecule has 0 spiro atoms. The second-order valence-corrected chi connectivity index (χ2v) is 8.89. The number of methoxy groups -OCH3 is 1. The van der Waals surface area contributed by atoms with Crippen LogP contribution >= 0.6 is 23.4 Å². The van der Waals surface area contributed by atoms with Crippen molar-refractivity contribution >= 4 is 45.0 Å². The van der Waals surface area contributed by atoms with E-state index in [9.17, 15) is 13.2 Å². The maximum absolute atomic E-state index is 12.7. The second-order valence-electron chi connectivity index (χ2n) is 5.58. The number of rotatable bonds is 9. The third-order valence-electron chi connectivity index (χ3n) is 3.85. The lowest BCUT2D eigenvalue weighted by Gasteiger charge is -2.19. The first-order valence-electron chi connectivity index (χ1n) is 8.54. The first kappa shape index (κ1) is 22.5. The number of ether oxygens (including phenoxy) is 1. The Morgan fingerprint density at radius 2 is 2.00 bits per heavy atom. The van der Waals surface area contributed by atoms with E-state index >= 15 is 0 Å². The summed E-state index contributed by atoms with van der Waals surface area (Å²) in [4.78, 5) is 16.6. The number of hydrogen-bond donors (Lipinski definition) is 1. The molecule has 0 bridgehead atoms. The van der Waals surface area contributed by atoms with Crippen LogP contribution in [-0.2, 0) is 14.8 Å². The highest BCUT2D eigenvalue weighted by molar-refractivity contribution is 8.00. The number of carbonyl (C=O) groups is 1. The van der Waals surface area contributed by atoms with Crippen molar-refractivity contribution in [3.8, 4) is 5.75 Å². The highest BCUT2D eigenvalue weighted by atomic mass is 35.5. The van der Waals surface area contributed by atoms with E-state index < -0.39 is 10.0 Å². The fraction of sp³-hybridized carbons (Fsp3) is 0.333. The van der Waals surface area contributed by atoms with Crippen molar-refractivity contribution in [2.75, 3.05) is 31.3 Å². The van der Waals surface area contributed by atoms with Crippen molar-refractivity contribution in [3.05, 3.63) is 41.6 Å². The van der Waals surface area contributed by atoms with Gasteiger partial charge in [-0.1, -0.05) is 37.2 Å². The molecule has 1 aromatic carbocycles. The van der Waals surface area contributed by atoms with Crippen LogP contribution in [0.15, 0.2) is 46.5 Å². The predicted octanol–water partition coefficient (Wildman–Crippen LogP) is 3.50. The zero-order valence-electron chi connectivity index (χ0n) is 15.8. The summed E-state index contributed by atoms with van der Waals surface area (Å²) in [5.41, 5.74) is 0.286. The number of sulfonamides is 1. The molecule has 10 heteroatoms. The molecule has 0 fully saturated rings. The standard InChI is InChI=1S/C18H22ClN3O4S2/c1-4-22(5-2)28(24,25)13-8-9-16(26-3)15(11-13)21-17(23)12-27-18-14(19)7-6-10-20-18/h6-11H,4-5,12H2,1-3H3,(H,21,23). The molecule has 1 amide bonds. The number of nitrogens with one attached hydrogen (secondary N) is 1. The number of halogens is 1. The summed E-state index contributed by atoms with van der Waals surface area (Å²) in [5, 5.41) is 3.71. The third-order valence-corrected chi connectivity index (χ3v) is 7.32. The van der Waals surface area contributed by atoms with Crippen LogP contribution in [0.25, 0.3) is 0 Å². The molecule has 1 heterocycles. The minimum atomic E-state index is -3.65. The summed E-state index contributed by atoms with van der Waals surface area (Å²) in [5.74, 6) is 0.0996. The fourth-order valence-electron chi connectivity index (χ4n) is 2.46. The largest absolute Gasteiger partial charge is 0.495 e. The fourth-order valence-corrected chi connectivity index (χ4v) is 4.91. The summed E-state index contributed by atoms with van der Waals surface area (Å²) in [6.45, 7) is 4.25. The molecule has 2 rings (SSSR count). The lowest BCUT2D eigenvalue weighted by atomic mass is 10.3. The van der Waals surface area contributed by atoms with E-state index in [1.165, 1.54) is 41.4 Å². The van der Waals surface area contributed by atoms with Gasteiger partial charge in [0.25, 0.3) is 0 Å². The van der Waals surface area contributed by atoms with Crippen molar-refractivity contribution in [1.82, 2.24) is 9.29 Å². The van der Waals surface area contributed by atoms with Gasteiger partial charge in [-0.2, -0.15) is 4.31 Å². The van der Waals surface area contributed by atoms with Crippen LogP contribution in [0.1, 0.15) is 13.8 Å². The number of benzene rings is 1. The quantitative estimate of drug-likeness (QED) is 0.596. The number of thioether (sulfide) groups is 1. The Labute approximate surface area is 174 Å². The van der Waals surface area contributed by atoms with Gasteiger partial charge >= 0.3 is 0 Å². The number of pyridine rings is 1. The van der Waals surface area contributed by atoms with Gasteiger partial charge in [-0.05, 0) is 30.3 Å². The molecular weight excluding hydrogens is 422 g/mol. The molecule has 0 radical (unpaired) electrons. The average Bonchev–Trinajstić information content (AvgIpc) is 2.68. The number of nitrogens with zero attached hydrogens (tertiary/aromatic N) is 2. The zero-order chi connectivity index (χ0) is 20.7. The van der Waals surface area contributed by atoms with E-state index in [2.05, 4.69) is 10.3 Å². The van der Waals surface area contributed by atoms with E-state index in [0.717, 1.165) is 0 Å². The van der Waals surface area contributed by atoms with E-state index in [1.54, 1.807) is 32.2 Å². The molecule has 2 aromatic rings. The number of carbonyl (C=O) groups excluding carboxylic acids is 1. The average molecular weight is 444 g/mol. The van der Waals surface area contributed by atoms with Crippen molar-refractivity contribution in [2.45, 2.75) is 23.8 Å². The van der Waals surface area contributed by atoms with Crippen LogP contribution < -0.4 is 10.1 Å². The van der Waals surface area contributed by atoms with Crippen molar-refractivity contribution in [3.63, 3.8) is 0 Å². The lowest BCUT2D eigenvalue weighted by Crippen LogP contribution is -2.30. The first-order valence-corrected chi connectivity index (χ1v) is 11.3. The Balaban J connectivity index is 2.20. The van der Waals surface area contributed by atoms with E-state index in [-0.39, 0.29) is 22.2 Å². The van der Waals surface area contributed by atoms with E-state index in [0.29, 0.717) is 28.9 Å². The van der Waals surface area contributed by atoms with Gasteiger partial charge in [-0.3, -0.25) is 4.79 Å². The summed E-state index contributed by atoms with van der Waals surface area (Å²) in [6, 6.07) is 7.79. The minimum Gasteiger partial charge on any atom is -0.495 e. The Bertz CT molecular complexity index is 934. The molecule has 0 aliphatic rings. The molecule has 0 saturated heterocycles. The normalized spacial score (nSPS) is 11.5. The molecule has 7 nitrogen and oxygen atoms in total. The summed E-state index contributed by atoms with van der Waals surface area (Å²) in [6.07, 6.45) is 1.59. The summed E-state index contributed by atoms with van der Waals surface area (Å²) < 4.78 is 32.0. The number of anilines is 1. The van der Waals surface area contributed by atoms with Crippen molar-refractivity contribution < 1.29 is 17.9 Å². The Kier molecular flexibility index (Phi) is 8.11. The van der Waals surface area contributed by atoms with Crippen LogP contribution in [0.2, 0.25) is 5.02 Å². The molecule has 0 aliphatic carbocycles. The third kappa shape index (κ3) is 5.38. The summed E-state index contributed by atoms with van der Waals surface area (Å²) in [7, 11) is -2.20. The molecule has 152 valence electrons. The molecule has 1 aromatic heterocycles. The summed E-state index contributed by atoms with van der Waals surface area (Å²) >= 11 is 7.22. The smallest absolute Gasteiger partial charge is 0.243 e. The molecule has 28 heavy (non-hydrogen) atoms. The lowest BCUT2D eigenvalue weighted by molar-refractivity contribution is -0.113. The van der Waals surface area contributed by atoms with E-state index in [4.69, 9.17) is 16.3 Å². The Hall–Kier alpha value is -1.81. The van der Waals surface area contributed by atoms with Crippen molar-refractivity contribution in [2.24, 2.45) is 0 Å². The van der Waals surface area contributed by atoms with Crippen LogP contribution in [0.3, 0.4) is 0 Å². The zero-order valence-corrected chi connectivity index (χ0v) is 18.2. The Morgan fingerprint density at radius 1 is 1.29 bits per heavy atom. The van der Waals surface area contributed by atoms with Gasteiger partial charge in [0.1, 0.15) is 10.8 Å². The van der Waals surface area contributed by atoms with Gasteiger partial charge in [-0.25, -0.2) is 13.4 Å². The highest BCUT2D eigenvalue weighted by Gasteiger charge is 2.23. The second kappa shape index (κ2) is 10.1. The van der Waals surface area contributed by atoms with Crippen molar-refractivity contribution in [1.29, 1.82) is 0 Å². The van der Waals surface area contributed by atoms with Crippen LogP contribution in [0.4, 0.5) is 5.69 Å². The number of aromatic nitrogens is 1. The topological polar surface area (TPSA) is 88.6 Å². The van der Waals surface area contributed by atoms with Gasteiger partial charge < -0.3 is 10.1 Å². The van der Waals surface area contributed by atoms with E-state index in [1.807, 2.05) is 0 Å². The molecule has 0 unspecified atom stereocenters. The van der Waals surface area contributed by atoms with Crippen LogP contribution in [-0.4, -0.2) is 49.6 Å². The molecular formula is C18H22ClN3O4S2. The minimum absolute atomic E-state index is 0.0624. The van der Waals surface area contributed by atoms with Crippen LogP contribution in [0, 0.1) is 0 Å². The number of amides is 1. The SMILES string of the molecule is CCN(CC)S(=O)(=O)c1ccc(OC)c(NC(=O)CSc2ncccc2Cl)c1. The van der Waals surface area contributed by atoms with Gasteiger partial charge in [0.15, 0.2) is 0 Å². The molecule has 0 saturated carbocycles. The maximum Gasteiger partial charge on any atom is 0.243 e. The van der Waals surface area contributed by atoms with Crippen LogP contribution in [0.5, 0.6) is 5.75 Å². The van der Waals surface area contributed by atoms with Gasteiger partial charge in [-0.15, -0.1) is 0 Å². The number of hydrogen-bond acceptors (Lipinski definition) is 6. The molecule has 0 atom stereocenters. The van der Waals surface area contributed by atoms with Gasteiger partial charge in [0.2, 0.25) is 15.9 Å². The highest BCUT2D eigenvalue weighted by Crippen LogP contribution is 2.30. The van der Waals surface area contributed by atoms with Gasteiger partial charge in [0, 0.05) is 19.3 Å². The maximum atomic E-state index is 12.7. The monoisotopic (exact) mass is 443 g/mol. The first-order chi connectivity index (χ1) is 13.3. The molecule has 1 N–H and O–H groups in total. The predicted molar refractivity (Wildman–Crippen MR) is 112 cm³/mol. The molecule has 0 aliphatic heterocycles.